The van der Waals surface area contributed by atoms with Gasteiger partial charge >= 0.3 is 0 Å². The average molecular weight is 287 g/mol. The molecule has 0 aromatic carbocycles. The molecule has 1 saturated carbocycles. The monoisotopic (exact) mass is 286 g/mol. The van der Waals surface area contributed by atoms with E-state index in [2.05, 4.69) is 6.92 Å². The summed E-state index contributed by atoms with van der Waals surface area (Å²) in [6, 6.07) is 3.54. The molecule has 2 nitrogen and oxygen atoms in total. The van der Waals surface area contributed by atoms with Crippen molar-refractivity contribution in [2.24, 2.45) is 5.92 Å². The Kier molecular flexibility index (Phi) is 4.82. The molecule has 0 spiro atoms. The Morgan fingerprint density at radius 1 is 1.50 bits per heavy atom. The van der Waals surface area contributed by atoms with Crippen molar-refractivity contribution in [1.82, 2.24) is 0 Å². The zero-order valence-electron chi connectivity index (χ0n) is 10.8. The number of Topliss-reactive ketones (excluding diaryl/α,β-unsaturated/α-hetero) is 1. The van der Waals surface area contributed by atoms with Gasteiger partial charge in [0.25, 0.3) is 0 Å². The summed E-state index contributed by atoms with van der Waals surface area (Å²) >= 11 is 7.17. The molecule has 1 aliphatic carbocycles. The number of ketones is 1. The van der Waals surface area contributed by atoms with Gasteiger partial charge in [0.05, 0.1) is 15.3 Å². The number of carbonyl (C=O) groups is 1. The van der Waals surface area contributed by atoms with Crippen LogP contribution in [-0.4, -0.2) is 18.0 Å². The van der Waals surface area contributed by atoms with E-state index in [4.69, 9.17) is 16.3 Å². The van der Waals surface area contributed by atoms with Crippen LogP contribution in [0.2, 0.25) is 4.34 Å². The second-order valence-corrected chi connectivity index (χ2v) is 6.86. The van der Waals surface area contributed by atoms with Crippen LogP contribution in [0.25, 0.3) is 0 Å². The summed E-state index contributed by atoms with van der Waals surface area (Å²) in [7, 11) is 0. The summed E-state index contributed by atoms with van der Waals surface area (Å²) in [5.74, 6) is 0.757. The first-order chi connectivity index (χ1) is 8.56. The lowest BCUT2D eigenvalue weighted by molar-refractivity contribution is -0.0198. The van der Waals surface area contributed by atoms with Crippen LogP contribution >= 0.6 is 22.9 Å². The topological polar surface area (TPSA) is 26.3 Å². The summed E-state index contributed by atoms with van der Waals surface area (Å²) in [4.78, 5) is 12.8. The Labute approximate surface area is 117 Å². The number of halogens is 1. The van der Waals surface area contributed by atoms with Gasteiger partial charge in [-0.2, -0.15) is 0 Å². The fourth-order valence-corrected chi connectivity index (χ4v) is 3.56. The predicted octanol–water partition coefficient (Wildman–Crippen LogP) is 4.57. The van der Waals surface area contributed by atoms with E-state index in [0.717, 1.165) is 12.8 Å². The van der Waals surface area contributed by atoms with E-state index >= 15 is 0 Å². The Morgan fingerprint density at radius 3 is 2.89 bits per heavy atom. The molecule has 1 aliphatic rings. The van der Waals surface area contributed by atoms with E-state index in [1.807, 2.05) is 6.92 Å². The molecule has 4 heteroatoms. The lowest BCUT2D eigenvalue weighted by Crippen LogP contribution is -2.30. The van der Waals surface area contributed by atoms with E-state index in [-0.39, 0.29) is 18.0 Å². The van der Waals surface area contributed by atoms with Crippen LogP contribution in [0.4, 0.5) is 0 Å². The van der Waals surface area contributed by atoms with Gasteiger partial charge in [0, 0.05) is 0 Å². The summed E-state index contributed by atoms with van der Waals surface area (Å²) < 4.78 is 6.55. The first kappa shape index (κ1) is 14.0. The fourth-order valence-electron chi connectivity index (χ4n) is 2.50. The normalized spacial score (nSPS) is 25.9. The highest BCUT2D eigenvalue weighted by Crippen LogP contribution is 2.28. The number of rotatable bonds is 4. The van der Waals surface area contributed by atoms with Crippen molar-refractivity contribution in [3.05, 3.63) is 21.3 Å². The molecular formula is C14H19ClO2S. The maximum atomic E-state index is 12.1. The van der Waals surface area contributed by atoms with Crippen molar-refractivity contribution in [3.8, 4) is 0 Å². The minimum Gasteiger partial charge on any atom is -0.367 e. The van der Waals surface area contributed by atoms with Crippen molar-refractivity contribution >= 4 is 28.7 Å². The molecule has 3 atom stereocenters. The van der Waals surface area contributed by atoms with Gasteiger partial charge in [-0.15, -0.1) is 11.3 Å². The zero-order valence-corrected chi connectivity index (χ0v) is 12.4. The van der Waals surface area contributed by atoms with Gasteiger partial charge in [-0.25, -0.2) is 0 Å². The quantitative estimate of drug-likeness (QED) is 0.758. The number of hydrogen-bond acceptors (Lipinski definition) is 3. The first-order valence-electron chi connectivity index (χ1n) is 6.51. The minimum atomic E-state index is -0.366. The molecule has 3 unspecified atom stereocenters. The Balaban J connectivity index is 1.91. The van der Waals surface area contributed by atoms with E-state index in [1.54, 1.807) is 12.1 Å². The van der Waals surface area contributed by atoms with Crippen LogP contribution in [0.3, 0.4) is 0 Å². The second-order valence-electron chi connectivity index (χ2n) is 5.14. The van der Waals surface area contributed by atoms with Crippen LogP contribution in [0, 0.1) is 5.92 Å². The largest absolute Gasteiger partial charge is 0.367 e. The highest BCUT2D eigenvalue weighted by molar-refractivity contribution is 7.18. The Bertz CT molecular complexity index is 416. The van der Waals surface area contributed by atoms with Crippen molar-refractivity contribution < 1.29 is 9.53 Å². The molecule has 0 radical (unpaired) electrons. The summed E-state index contributed by atoms with van der Waals surface area (Å²) in [6.07, 6.45) is 4.51. The van der Waals surface area contributed by atoms with Gasteiger partial charge in [0.1, 0.15) is 6.10 Å². The first-order valence-corrected chi connectivity index (χ1v) is 7.70. The molecule has 1 aromatic rings. The third kappa shape index (κ3) is 3.56. The minimum absolute atomic E-state index is 0.0464. The summed E-state index contributed by atoms with van der Waals surface area (Å²) in [5.41, 5.74) is 0. The average Bonchev–Trinajstić information content (AvgIpc) is 2.75. The molecule has 0 N–H and O–H groups in total. The van der Waals surface area contributed by atoms with Crippen LogP contribution in [0.1, 0.15) is 49.2 Å². The lowest BCUT2D eigenvalue weighted by atomic mass is 9.88. The Hall–Kier alpha value is -0.380. The van der Waals surface area contributed by atoms with Gasteiger partial charge in [-0.1, -0.05) is 31.4 Å². The molecule has 0 aliphatic heterocycles. The maximum Gasteiger partial charge on any atom is 0.201 e. The smallest absolute Gasteiger partial charge is 0.201 e. The standard InChI is InChI=1S/C14H19ClO2S/c1-9-4-3-5-11(8-9)17-10(2)14(16)12-6-7-13(15)18-12/h6-7,9-11H,3-5,8H2,1-2H3. The summed E-state index contributed by atoms with van der Waals surface area (Å²) in [5, 5.41) is 0. The molecule has 2 rings (SSSR count). The van der Waals surface area contributed by atoms with Gasteiger partial charge in [-0.05, 0) is 37.8 Å². The van der Waals surface area contributed by atoms with Crippen LogP contribution < -0.4 is 0 Å². The lowest BCUT2D eigenvalue weighted by Gasteiger charge is -2.28. The maximum absolute atomic E-state index is 12.1. The molecule has 1 fully saturated rings. The molecule has 18 heavy (non-hydrogen) atoms. The van der Waals surface area contributed by atoms with Gasteiger partial charge in [-0.3, -0.25) is 4.79 Å². The third-order valence-electron chi connectivity index (χ3n) is 3.47. The highest BCUT2D eigenvalue weighted by atomic mass is 35.5. The van der Waals surface area contributed by atoms with E-state index < -0.39 is 0 Å². The second kappa shape index (κ2) is 6.18. The van der Waals surface area contributed by atoms with Gasteiger partial charge < -0.3 is 4.74 Å². The van der Waals surface area contributed by atoms with E-state index in [0.29, 0.717) is 15.1 Å². The Morgan fingerprint density at radius 2 is 2.28 bits per heavy atom. The van der Waals surface area contributed by atoms with Crippen LogP contribution in [-0.2, 0) is 4.74 Å². The molecule has 0 bridgehead atoms. The van der Waals surface area contributed by atoms with Gasteiger partial charge in [0.2, 0.25) is 5.78 Å². The van der Waals surface area contributed by atoms with Crippen molar-refractivity contribution in [2.75, 3.05) is 0 Å². The highest BCUT2D eigenvalue weighted by Gasteiger charge is 2.25. The van der Waals surface area contributed by atoms with E-state index in [1.165, 1.54) is 24.2 Å². The number of carbonyl (C=O) groups excluding carboxylic acids is 1. The van der Waals surface area contributed by atoms with Gasteiger partial charge in [0.15, 0.2) is 0 Å². The van der Waals surface area contributed by atoms with Crippen LogP contribution in [0.5, 0.6) is 0 Å². The fraction of sp³-hybridized carbons (Fsp3) is 0.643. The van der Waals surface area contributed by atoms with Crippen molar-refractivity contribution in [1.29, 1.82) is 0 Å². The van der Waals surface area contributed by atoms with Crippen molar-refractivity contribution in [3.63, 3.8) is 0 Å². The predicted molar refractivity (Wildman–Crippen MR) is 75.6 cm³/mol. The van der Waals surface area contributed by atoms with E-state index in [9.17, 15) is 4.79 Å². The number of thiophene rings is 1. The number of ether oxygens (including phenoxy) is 1. The SMILES string of the molecule is CC1CCCC(OC(C)C(=O)c2ccc(Cl)s2)C1. The number of hydrogen-bond donors (Lipinski definition) is 0. The van der Waals surface area contributed by atoms with Crippen molar-refractivity contribution in [2.45, 2.75) is 51.7 Å². The molecule has 1 heterocycles. The molecule has 100 valence electrons. The zero-order chi connectivity index (χ0) is 13.1. The summed E-state index contributed by atoms with van der Waals surface area (Å²) in [6.45, 7) is 4.09. The third-order valence-corrected chi connectivity index (χ3v) is 4.72. The molecule has 0 amide bonds. The molecule has 0 saturated heterocycles. The molecular weight excluding hydrogens is 268 g/mol. The van der Waals surface area contributed by atoms with Crippen LogP contribution in [0.15, 0.2) is 12.1 Å². The molecule has 1 aromatic heterocycles.